The number of anilines is 2. The van der Waals surface area contributed by atoms with E-state index in [9.17, 15) is 4.79 Å². The molecule has 1 saturated heterocycles. The summed E-state index contributed by atoms with van der Waals surface area (Å²) in [4.78, 5) is 29.9. The molecule has 42 heavy (non-hydrogen) atoms. The Morgan fingerprint density at radius 2 is 1.88 bits per heavy atom. The van der Waals surface area contributed by atoms with Gasteiger partial charge in [0.25, 0.3) is 0 Å². The van der Waals surface area contributed by atoms with Crippen LogP contribution >= 0.6 is 0 Å². The first-order valence-corrected chi connectivity index (χ1v) is 14.4. The molecule has 8 heteroatoms. The van der Waals surface area contributed by atoms with Gasteiger partial charge in [-0.2, -0.15) is 0 Å². The molecule has 216 valence electrons. The fourth-order valence-electron chi connectivity index (χ4n) is 5.52. The van der Waals surface area contributed by atoms with Crippen molar-refractivity contribution in [1.82, 2.24) is 14.9 Å². The molecule has 0 saturated carbocycles. The average molecular weight is 562 g/mol. The smallest absolute Gasteiger partial charge is 0.247 e. The highest BCUT2D eigenvalue weighted by Gasteiger charge is 2.21. The predicted octanol–water partition coefficient (Wildman–Crippen LogP) is 5.78. The first-order chi connectivity index (χ1) is 20.3. The number of amides is 1. The number of H-pyrrole nitrogens is 1. The Kier molecular flexibility index (Phi) is 8.54. The van der Waals surface area contributed by atoms with Crippen molar-refractivity contribution < 1.29 is 4.79 Å². The Morgan fingerprint density at radius 1 is 1.14 bits per heavy atom. The van der Waals surface area contributed by atoms with Crippen LogP contribution in [0.15, 0.2) is 72.5 Å². The van der Waals surface area contributed by atoms with Gasteiger partial charge in [-0.15, -0.1) is 0 Å². The van der Waals surface area contributed by atoms with Gasteiger partial charge < -0.3 is 25.8 Å². The van der Waals surface area contributed by atoms with E-state index in [4.69, 9.17) is 10.7 Å². The van der Waals surface area contributed by atoms with Crippen molar-refractivity contribution in [1.29, 1.82) is 0 Å². The van der Waals surface area contributed by atoms with Gasteiger partial charge >= 0.3 is 0 Å². The number of nitrogens with one attached hydrogen (secondary N) is 2. The molecule has 0 radical (unpaired) electrons. The fraction of sp³-hybridized carbons (Fsp3) is 0.265. The lowest BCUT2D eigenvalue weighted by Crippen LogP contribution is -2.44. The molecule has 1 aliphatic heterocycles. The number of aromatic nitrogens is 2. The maximum Gasteiger partial charge on any atom is 0.247 e. The minimum Gasteiger partial charge on any atom is -0.404 e. The van der Waals surface area contributed by atoms with Crippen molar-refractivity contribution >= 4 is 40.1 Å². The number of nitrogens with two attached hydrogens (primary N) is 1. The molecule has 1 fully saturated rings. The van der Waals surface area contributed by atoms with Crippen LogP contribution in [0.3, 0.4) is 0 Å². The molecule has 1 amide bonds. The van der Waals surface area contributed by atoms with Gasteiger partial charge in [-0.3, -0.25) is 9.79 Å². The first-order valence-electron chi connectivity index (χ1n) is 14.4. The maximum absolute atomic E-state index is 12.3. The third-order valence-corrected chi connectivity index (χ3v) is 7.98. The molecule has 0 unspecified atom stereocenters. The molecule has 0 spiro atoms. The zero-order valence-corrected chi connectivity index (χ0v) is 24.9. The van der Waals surface area contributed by atoms with Crippen LogP contribution in [-0.2, 0) is 4.79 Å². The van der Waals surface area contributed by atoms with Gasteiger partial charge in [0.05, 0.1) is 5.69 Å². The van der Waals surface area contributed by atoms with Crippen molar-refractivity contribution in [2.24, 2.45) is 10.7 Å². The second-order valence-electron chi connectivity index (χ2n) is 10.7. The number of fused-ring (bicyclic) bond motifs is 1. The summed E-state index contributed by atoms with van der Waals surface area (Å²) in [6.45, 7) is 14.5. The summed E-state index contributed by atoms with van der Waals surface area (Å²) in [6.07, 6.45) is 6.46. The summed E-state index contributed by atoms with van der Waals surface area (Å²) < 4.78 is 0. The lowest BCUT2D eigenvalue weighted by molar-refractivity contribution is -0.111. The molecule has 1 aliphatic rings. The van der Waals surface area contributed by atoms with E-state index in [0.717, 1.165) is 87.5 Å². The van der Waals surface area contributed by atoms with Crippen molar-refractivity contribution in [3.8, 4) is 22.4 Å². The molecule has 2 aromatic carbocycles. The van der Waals surface area contributed by atoms with E-state index in [2.05, 4.69) is 75.1 Å². The van der Waals surface area contributed by atoms with Gasteiger partial charge in [0.1, 0.15) is 5.65 Å². The Labute approximate surface area is 247 Å². The normalized spacial score (nSPS) is 14.6. The minimum absolute atomic E-state index is 0.242. The van der Waals surface area contributed by atoms with E-state index >= 15 is 0 Å². The zero-order valence-electron chi connectivity index (χ0n) is 24.9. The van der Waals surface area contributed by atoms with Gasteiger partial charge in [0.15, 0.2) is 0 Å². The Morgan fingerprint density at radius 3 is 2.55 bits per heavy atom. The van der Waals surface area contributed by atoms with Crippen LogP contribution in [0.5, 0.6) is 0 Å². The summed E-state index contributed by atoms with van der Waals surface area (Å²) >= 11 is 0. The number of benzene rings is 2. The molecule has 0 aliphatic carbocycles. The number of pyridine rings is 1. The Bertz CT molecular complexity index is 1670. The largest absolute Gasteiger partial charge is 0.404 e. The molecule has 2 aromatic heterocycles. The number of carbonyl (C=O) groups excluding carboxylic acids is 1. The predicted molar refractivity (Wildman–Crippen MR) is 176 cm³/mol. The van der Waals surface area contributed by atoms with Crippen LogP contribution < -0.4 is 16.0 Å². The molecule has 4 N–H and O–H groups in total. The second-order valence-corrected chi connectivity index (χ2v) is 10.7. The van der Waals surface area contributed by atoms with Gasteiger partial charge in [0, 0.05) is 84.8 Å². The quantitative estimate of drug-likeness (QED) is 0.187. The number of hydrogen-bond acceptors (Lipinski definition) is 6. The van der Waals surface area contributed by atoms with E-state index in [1.54, 1.807) is 12.4 Å². The minimum atomic E-state index is -0.242. The lowest BCUT2D eigenvalue weighted by atomic mass is 9.92. The fourth-order valence-corrected chi connectivity index (χ4v) is 5.52. The summed E-state index contributed by atoms with van der Waals surface area (Å²) in [7, 11) is 2.17. The summed E-state index contributed by atoms with van der Waals surface area (Å²) in [5.74, 6) is -0.242. The third-order valence-electron chi connectivity index (χ3n) is 7.98. The topological polar surface area (TPSA) is 103 Å². The van der Waals surface area contributed by atoms with E-state index in [-0.39, 0.29) is 5.91 Å². The number of allylic oxidation sites excluding steroid dienone is 1. The highest BCUT2D eigenvalue weighted by molar-refractivity contribution is 6.12. The molecule has 0 atom stereocenters. The van der Waals surface area contributed by atoms with Crippen LogP contribution in [0.4, 0.5) is 11.4 Å². The van der Waals surface area contributed by atoms with Crippen LogP contribution in [0.1, 0.15) is 23.6 Å². The number of aryl methyl sites for hydroxylation is 1. The number of carbonyl (C=O) groups is 1. The molecule has 4 aromatic rings. The summed E-state index contributed by atoms with van der Waals surface area (Å²) in [5.41, 5.74) is 16.4. The number of likely N-dealkylation sites (N-methyl/N-ethyl adjacent to an activating group) is 1. The monoisotopic (exact) mass is 561 g/mol. The summed E-state index contributed by atoms with van der Waals surface area (Å²) in [6, 6.07) is 15.0. The highest BCUT2D eigenvalue weighted by atomic mass is 16.1. The van der Waals surface area contributed by atoms with E-state index in [1.165, 1.54) is 11.8 Å². The SMILES string of the molecule is C=CC(=O)Nc1c(C)ccc(-c2c(-c3ccc(N4CCN(C)CC4)cc3)[nH]c3ncc(/C(C=NCC)=C/N)cc23)c1C. The van der Waals surface area contributed by atoms with Crippen molar-refractivity contribution in [2.45, 2.75) is 20.8 Å². The van der Waals surface area contributed by atoms with E-state index in [1.807, 2.05) is 33.0 Å². The first kappa shape index (κ1) is 28.8. The van der Waals surface area contributed by atoms with Crippen LogP contribution in [0.2, 0.25) is 0 Å². The standard InChI is InChI=1S/C34H39N7O/c1-6-30(42)38-32-22(3)8-13-28(23(32)4)31-29-18-25(26(19-35)20-36-7-2)21-37-34(29)39-33(31)24-9-11-27(12-10-24)41-16-14-40(5)15-17-41/h6,8-13,18-21H,1,7,14-17,35H2,2-5H3,(H,37,39)(H,38,42)/b26-19+,36-20?. The number of aliphatic imine (C=N–C) groups is 1. The molecule has 3 heterocycles. The molecule has 0 bridgehead atoms. The number of aromatic amines is 1. The van der Waals surface area contributed by atoms with Gasteiger partial charge in [-0.1, -0.05) is 30.8 Å². The van der Waals surface area contributed by atoms with Gasteiger partial charge in [0.2, 0.25) is 5.91 Å². The highest BCUT2D eigenvalue weighted by Crippen LogP contribution is 2.42. The second kappa shape index (κ2) is 12.4. The molecule has 5 rings (SSSR count). The third kappa shape index (κ3) is 5.71. The van der Waals surface area contributed by atoms with Crippen molar-refractivity contribution in [3.63, 3.8) is 0 Å². The number of rotatable bonds is 8. The van der Waals surface area contributed by atoms with Crippen molar-refractivity contribution in [3.05, 3.63) is 84.2 Å². The van der Waals surface area contributed by atoms with Crippen LogP contribution in [0, 0.1) is 13.8 Å². The number of piperazine rings is 1. The number of hydrogen-bond donors (Lipinski definition) is 3. The number of nitrogens with zero attached hydrogens (tertiary/aromatic N) is 4. The average Bonchev–Trinajstić information content (AvgIpc) is 3.38. The Hall–Kier alpha value is -4.69. The van der Waals surface area contributed by atoms with Crippen LogP contribution in [0.25, 0.3) is 39.0 Å². The van der Waals surface area contributed by atoms with Crippen LogP contribution in [-0.4, -0.2) is 66.8 Å². The van der Waals surface area contributed by atoms with Crippen molar-refractivity contribution in [2.75, 3.05) is 50.0 Å². The zero-order chi connectivity index (χ0) is 29.8. The van der Waals surface area contributed by atoms with Gasteiger partial charge in [-0.05, 0) is 74.3 Å². The molecule has 8 nitrogen and oxygen atoms in total. The lowest BCUT2D eigenvalue weighted by Gasteiger charge is -2.34. The molecular weight excluding hydrogens is 522 g/mol. The van der Waals surface area contributed by atoms with E-state index < -0.39 is 0 Å². The Balaban J connectivity index is 1.68. The van der Waals surface area contributed by atoms with Gasteiger partial charge in [-0.25, -0.2) is 4.98 Å². The maximum atomic E-state index is 12.3. The van der Waals surface area contributed by atoms with E-state index in [0.29, 0.717) is 6.54 Å². The summed E-state index contributed by atoms with van der Waals surface area (Å²) in [5, 5.41) is 3.97. The molecular formula is C34H39N7O.